The molecule has 0 radical (unpaired) electrons. The molecule has 0 aliphatic heterocycles. The number of methoxy groups -OCH3 is 1. The molecule has 0 spiro atoms. The topological polar surface area (TPSA) is 114 Å². The van der Waals surface area contributed by atoms with Crippen LogP contribution >= 0.6 is 11.6 Å². The van der Waals surface area contributed by atoms with Gasteiger partial charge in [0.15, 0.2) is 0 Å². The molecule has 1 aromatic heterocycles. The first-order chi connectivity index (χ1) is 14.2. The van der Waals surface area contributed by atoms with Gasteiger partial charge in [-0.2, -0.15) is 0 Å². The monoisotopic (exact) mass is 435 g/mol. The lowest BCUT2D eigenvalue weighted by molar-refractivity contribution is -0.159. The van der Waals surface area contributed by atoms with Crippen molar-refractivity contribution in [3.8, 4) is 17.0 Å². The van der Waals surface area contributed by atoms with Crippen molar-refractivity contribution in [2.24, 2.45) is 7.05 Å². The molecule has 1 heterocycles. The molecule has 3 aromatic rings. The molecule has 0 atom stereocenters. The SMILES string of the molecule is COc1ccc(-c2cnc(NCc3c(F)cccc3Cl)n2C)cc1.O=C(O)C(=O)O. The molecular weight excluding hydrogens is 417 g/mol. The average molecular weight is 436 g/mol. The number of anilines is 1. The number of carboxylic acid groups (broad SMARTS) is 2. The fraction of sp³-hybridized carbons (Fsp3) is 0.150. The Labute approximate surface area is 176 Å². The van der Waals surface area contributed by atoms with Crippen LogP contribution in [0.5, 0.6) is 5.75 Å². The molecule has 3 N–H and O–H groups in total. The lowest BCUT2D eigenvalue weighted by Crippen LogP contribution is -2.09. The van der Waals surface area contributed by atoms with Crippen LogP contribution in [0, 0.1) is 5.82 Å². The highest BCUT2D eigenvalue weighted by atomic mass is 35.5. The highest BCUT2D eigenvalue weighted by molar-refractivity contribution is 6.31. The number of hydrogen-bond acceptors (Lipinski definition) is 5. The largest absolute Gasteiger partial charge is 0.497 e. The highest BCUT2D eigenvalue weighted by Crippen LogP contribution is 2.25. The van der Waals surface area contributed by atoms with Crippen molar-refractivity contribution in [2.75, 3.05) is 12.4 Å². The smallest absolute Gasteiger partial charge is 0.414 e. The van der Waals surface area contributed by atoms with Gasteiger partial charge in [0, 0.05) is 29.7 Å². The predicted octanol–water partition coefficient (Wildman–Crippen LogP) is 3.66. The third-order valence-electron chi connectivity index (χ3n) is 4.04. The van der Waals surface area contributed by atoms with Crippen molar-refractivity contribution in [1.29, 1.82) is 0 Å². The summed E-state index contributed by atoms with van der Waals surface area (Å²) in [4.78, 5) is 22.6. The summed E-state index contributed by atoms with van der Waals surface area (Å²) in [5.41, 5.74) is 2.38. The summed E-state index contributed by atoms with van der Waals surface area (Å²) in [7, 11) is 3.53. The minimum absolute atomic E-state index is 0.262. The van der Waals surface area contributed by atoms with Crippen LogP contribution in [-0.2, 0) is 23.2 Å². The summed E-state index contributed by atoms with van der Waals surface area (Å²) >= 11 is 6.05. The molecular formula is C20H19ClFN3O5. The third-order valence-corrected chi connectivity index (χ3v) is 4.40. The second-order valence-electron chi connectivity index (χ2n) is 5.92. The first kappa shape index (κ1) is 22.7. The van der Waals surface area contributed by atoms with Crippen molar-refractivity contribution in [2.45, 2.75) is 6.54 Å². The van der Waals surface area contributed by atoms with Crippen LogP contribution in [0.15, 0.2) is 48.7 Å². The van der Waals surface area contributed by atoms with E-state index in [9.17, 15) is 4.39 Å². The second kappa shape index (κ2) is 10.3. The number of ether oxygens (including phenoxy) is 1. The van der Waals surface area contributed by atoms with Crippen LogP contribution in [0.25, 0.3) is 11.3 Å². The minimum Gasteiger partial charge on any atom is -0.497 e. The van der Waals surface area contributed by atoms with Gasteiger partial charge < -0.3 is 24.8 Å². The van der Waals surface area contributed by atoms with Crippen molar-refractivity contribution < 1.29 is 28.9 Å². The van der Waals surface area contributed by atoms with Crippen molar-refractivity contribution in [3.05, 3.63) is 65.1 Å². The van der Waals surface area contributed by atoms with E-state index in [1.54, 1.807) is 25.4 Å². The van der Waals surface area contributed by atoms with Gasteiger partial charge in [0.1, 0.15) is 11.6 Å². The van der Waals surface area contributed by atoms with E-state index in [2.05, 4.69) is 10.3 Å². The Balaban J connectivity index is 0.000000469. The molecule has 10 heteroatoms. The Bertz CT molecular complexity index is 1010. The Hall–Kier alpha value is -3.59. The summed E-state index contributed by atoms with van der Waals surface area (Å²) in [5, 5.41) is 18.3. The number of nitrogens with one attached hydrogen (secondary N) is 1. The summed E-state index contributed by atoms with van der Waals surface area (Å²) in [5.74, 6) is -2.54. The van der Waals surface area contributed by atoms with E-state index in [1.165, 1.54) is 6.07 Å². The number of benzene rings is 2. The van der Waals surface area contributed by atoms with Gasteiger partial charge in [-0.3, -0.25) is 0 Å². The zero-order valence-corrected chi connectivity index (χ0v) is 16.9. The maximum Gasteiger partial charge on any atom is 0.414 e. The Morgan fingerprint density at radius 1 is 1.17 bits per heavy atom. The zero-order chi connectivity index (χ0) is 22.3. The van der Waals surface area contributed by atoms with E-state index in [1.807, 2.05) is 35.9 Å². The third kappa shape index (κ3) is 5.71. The van der Waals surface area contributed by atoms with Crippen LogP contribution in [0.1, 0.15) is 5.56 Å². The minimum atomic E-state index is -1.82. The Kier molecular flexibility index (Phi) is 7.76. The number of nitrogens with zero attached hydrogens (tertiary/aromatic N) is 2. The van der Waals surface area contributed by atoms with Crippen molar-refractivity contribution in [3.63, 3.8) is 0 Å². The van der Waals surface area contributed by atoms with Gasteiger partial charge in [0.2, 0.25) is 5.95 Å². The molecule has 0 saturated heterocycles. The predicted molar refractivity (Wildman–Crippen MR) is 109 cm³/mol. The molecule has 0 fully saturated rings. The number of rotatable bonds is 5. The summed E-state index contributed by atoms with van der Waals surface area (Å²) in [6.07, 6.45) is 1.77. The van der Waals surface area contributed by atoms with Crippen LogP contribution < -0.4 is 10.1 Å². The summed E-state index contributed by atoms with van der Waals surface area (Å²) < 4.78 is 20.9. The fourth-order valence-electron chi connectivity index (χ4n) is 2.47. The molecule has 30 heavy (non-hydrogen) atoms. The Morgan fingerprint density at radius 3 is 2.33 bits per heavy atom. The standard InChI is InChI=1S/C18H17ClFN3O.C2H2O4/c1-23-17(12-6-8-13(24-2)9-7-12)11-22-18(23)21-10-14-15(19)4-3-5-16(14)20;3-1(4)2(5)6/h3-9,11H,10H2,1-2H3,(H,21,22);(H,3,4)(H,5,6). The molecule has 0 bridgehead atoms. The summed E-state index contributed by atoms with van der Waals surface area (Å²) in [6, 6.07) is 12.4. The van der Waals surface area contributed by atoms with E-state index in [0.717, 1.165) is 17.0 Å². The van der Waals surface area contributed by atoms with Gasteiger partial charge in [-0.25, -0.2) is 19.0 Å². The van der Waals surface area contributed by atoms with Crippen molar-refractivity contribution >= 4 is 29.5 Å². The quantitative estimate of drug-likeness (QED) is 0.524. The van der Waals surface area contributed by atoms with Gasteiger partial charge in [0.25, 0.3) is 0 Å². The molecule has 0 aliphatic rings. The number of halogens is 2. The molecule has 158 valence electrons. The normalized spacial score (nSPS) is 10.0. The number of imidazole rings is 1. The van der Waals surface area contributed by atoms with Crippen LogP contribution in [-0.4, -0.2) is 38.8 Å². The van der Waals surface area contributed by atoms with Gasteiger partial charge in [-0.15, -0.1) is 0 Å². The molecule has 3 rings (SSSR count). The van der Waals surface area contributed by atoms with E-state index >= 15 is 0 Å². The zero-order valence-electron chi connectivity index (χ0n) is 16.1. The van der Waals surface area contributed by atoms with Gasteiger partial charge in [-0.05, 0) is 36.4 Å². The van der Waals surface area contributed by atoms with Gasteiger partial charge in [0.05, 0.1) is 19.0 Å². The van der Waals surface area contributed by atoms with Gasteiger partial charge in [-0.1, -0.05) is 17.7 Å². The number of aliphatic carboxylic acids is 2. The fourth-order valence-corrected chi connectivity index (χ4v) is 2.70. The van der Waals surface area contributed by atoms with E-state index in [0.29, 0.717) is 16.5 Å². The molecule has 2 aromatic carbocycles. The first-order valence-corrected chi connectivity index (χ1v) is 8.91. The highest BCUT2D eigenvalue weighted by Gasteiger charge is 2.11. The van der Waals surface area contributed by atoms with Crippen LogP contribution in [0.3, 0.4) is 0 Å². The molecule has 0 aliphatic carbocycles. The lowest BCUT2D eigenvalue weighted by atomic mass is 10.1. The molecule has 0 amide bonds. The second-order valence-corrected chi connectivity index (χ2v) is 6.33. The van der Waals surface area contributed by atoms with Crippen molar-refractivity contribution in [1.82, 2.24) is 9.55 Å². The lowest BCUT2D eigenvalue weighted by Gasteiger charge is -2.10. The van der Waals surface area contributed by atoms with Crippen LogP contribution in [0.4, 0.5) is 10.3 Å². The number of carboxylic acids is 2. The Morgan fingerprint density at radius 2 is 1.80 bits per heavy atom. The molecule has 0 unspecified atom stereocenters. The van der Waals surface area contributed by atoms with E-state index < -0.39 is 11.9 Å². The van der Waals surface area contributed by atoms with E-state index in [-0.39, 0.29) is 12.4 Å². The average Bonchev–Trinajstić information content (AvgIpc) is 3.08. The molecule has 8 nitrogen and oxygen atoms in total. The van der Waals surface area contributed by atoms with E-state index in [4.69, 9.17) is 36.1 Å². The van der Waals surface area contributed by atoms with Crippen LogP contribution in [0.2, 0.25) is 5.02 Å². The summed E-state index contributed by atoms with van der Waals surface area (Å²) in [6.45, 7) is 0.262. The van der Waals surface area contributed by atoms with Gasteiger partial charge >= 0.3 is 11.9 Å². The molecule has 0 saturated carbocycles. The number of aromatic nitrogens is 2. The number of hydrogen-bond donors (Lipinski definition) is 3. The number of carbonyl (C=O) groups is 2. The first-order valence-electron chi connectivity index (χ1n) is 8.53. The maximum atomic E-state index is 13.8. The maximum absolute atomic E-state index is 13.8.